The Morgan fingerprint density at radius 2 is 1.86 bits per heavy atom. The van der Waals surface area contributed by atoms with Crippen molar-refractivity contribution in [2.24, 2.45) is 0 Å². The van der Waals surface area contributed by atoms with Gasteiger partial charge in [-0.2, -0.15) is 5.10 Å². The number of piperidine rings is 1. The summed E-state index contributed by atoms with van der Waals surface area (Å²) in [4.78, 5) is 11.2. The zero-order valence-corrected chi connectivity index (χ0v) is 16.5. The van der Waals surface area contributed by atoms with Crippen molar-refractivity contribution < 1.29 is 5.11 Å². The second kappa shape index (κ2) is 6.99. The van der Waals surface area contributed by atoms with Gasteiger partial charge in [-0.05, 0) is 56.5 Å². The number of anilines is 1. The maximum Gasteiger partial charge on any atom is 0.159 e. The fourth-order valence-electron chi connectivity index (χ4n) is 4.14. The molecular weight excluding hydrogens is 376 g/mol. The number of aliphatic hydroxyl groups excluding tert-OH is 1. The highest BCUT2D eigenvalue weighted by atomic mass is 35.5. The van der Waals surface area contributed by atoms with Gasteiger partial charge in [0, 0.05) is 29.6 Å². The molecule has 3 aromatic rings. The predicted molar refractivity (Wildman–Crippen MR) is 109 cm³/mol. The highest BCUT2D eigenvalue weighted by molar-refractivity contribution is 6.32. The van der Waals surface area contributed by atoms with Crippen LogP contribution >= 0.6 is 11.6 Å². The van der Waals surface area contributed by atoms with E-state index >= 15 is 0 Å². The van der Waals surface area contributed by atoms with E-state index in [4.69, 9.17) is 11.6 Å². The van der Waals surface area contributed by atoms with E-state index in [-0.39, 0.29) is 6.10 Å². The number of fused-ring (bicyclic) bond motifs is 1. The number of benzene rings is 1. The number of aromatic nitrogens is 4. The average Bonchev–Trinajstić information content (AvgIpc) is 3.07. The molecule has 146 valence electrons. The molecule has 2 saturated heterocycles. The van der Waals surface area contributed by atoms with Crippen molar-refractivity contribution in [1.82, 2.24) is 25.1 Å². The topological polar surface area (TPSA) is 79.1 Å². The Morgan fingerprint density at radius 3 is 2.61 bits per heavy atom. The molecule has 5 rings (SSSR count). The molecule has 0 aliphatic carbocycles. The van der Waals surface area contributed by atoms with E-state index in [0.717, 1.165) is 53.5 Å². The van der Waals surface area contributed by atoms with Crippen LogP contribution in [-0.2, 0) is 0 Å². The van der Waals surface area contributed by atoms with Crippen LogP contribution < -0.4 is 10.2 Å². The fraction of sp³-hybridized carbons (Fsp3) is 0.450. The van der Waals surface area contributed by atoms with Gasteiger partial charge in [0.15, 0.2) is 5.82 Å². The van der Waals surface area contributed by atoms with Gasteiger partial charge in [0.2, 0.25) is 0 Å². The van der Waals surface area contributed by atoms with E-state index in [0.29, 0.717) is 24.8 Å². The van der Waals surface area contributed by atoms with Crippen LogP contribution in [0.2, 0.25) is 5.02 Å². The van der Waals surface area contributed by atoms with Gasteiger partial charge in [-0.3, -0.25) is 0 Å². The normalized spacial score (nSPS) is 18.6. The SMILES string of the molecule is Cc1nc(N2CC(O)C2)cc(-n2ncc3cc(Cl)c(C4CCNCC4)cc32)n1. The lowest BCUT2D eigenvalue weighted by Gasteiger charge is -2.36. The summed E-state index contributed by atoms with van der Waals surface area (Å²) in [6.45, 7) is 5.13. The first-order valence-electron chi connectivity index (χ1n) is 9.75. The highest BCUT2D eigenvalue weighted by Crippen LogP contribution is 2.35. The molecule has 28 heavy (non-hydrogen) atoms. The minimum Gasteiger partial charge on any atom is -0.389 e. The standard InChI is InChI=1S/C20H23ClN6O/c1-12-24-19(26-10-15(28)11-26)8-20(25-12)27-18-7-16(13-2-4-22-5-3-13)17(21)6-14(18)9-23-27/h6-9,13,15,22,28H,2-5,10-11H2,1H3. The Balaban J connectivity index is 1.57. The van der Waals surface area contributed by atoms with Crippen molar-refractivity contribution in [2.45, 2.75) is 31.8 Å². The summed E-state index contributed by atoms with van der Waals surface area (Å²) in [6, 6.07) is 6.12. The largest absolute Gasteiger partial charge is 0.389 e. The van der Waals surface area contributed by atoms with Crippen LogP contribution in [-0.4, -0.2) is 57.1 Å². The number of nitrogens with zero attached hydrogens (tertiary/aromatic N) is 5. The second-order valence-electron chi connectivity index (χ2n) is 7.70. The lowest BCUT2D eigenvalue weighted by atomic mass is 9.90. The van der Waals surface area contributed by atoms with Crippen molar-refractivity contribution in [2.75, 3.05) is 31.1 Å². The van der Waals surface area contributed by atoms with Gasteiger partial charge in [-0.15, -0.1) is 0 Å². The third-order valence-corrected chi connectivity index (χ3v) is 6.01. The Labute approximate surface area is 168 Å². The van der Waals surface area contributed by atoms with Gasteiger partial charge in [0.25, 0.3) is 0 Å². The summed E-state index contributed by atoms with van der Waals surface area (Å²) in [5.74, 6) is 2.71. The predicted octanol–water partition coefficient (Wildman–Crippen LogP) is 2.43. The Kier molecular flexibility index (Phi) is 4.45. The van der Waals surface area contributed by atoms with Gasteiger partial charge < -0.3 is 15.3 Å². The molecule has 0 amide bonds. The molecule has 4 heterocycles. The highest BCUT2D eigenvalue weighted by Gasteiger charge is 2.26. The van der Waals surface area contributed by atoms with Crippen LogP contribution in [0.4, 0.5) is 5.82 Å². The van der Waals surface area contributed by atoms with Gasteiger partial charge in [0.05, 0.1) is 17.8 Å². The molecule has 2 aliphatic heterocycles. The molecule has 2 aromatic heterocycles. The Bertz CT molecular complexity index is 1020. The fourth-order valence-corrected chi connectivity index (χ4v) is 4.47. The van der Waals surface area contributed by atoms with E-state index in [9.17, 15) is 5.11 Å². The molecule has 2 N–H and O–H groups in total. The molecule has 0 saturated carbocycles. The van der Waals surface area contributed by atoms with E-state index in [1.165, 1.54) is 5.56 Å². The van der Waals surface area contributed by atoms with Crippen LogP contribution in [0.15, 0.2) is 24.4 Å². The summed E-state index contributed by atoms with van der Waals surface area (Å²) >= 11 is 6.61. The average molecular weight is 399 g/mol. The number of nitrogens with one attached hydrogen (secondary N) is 1. The van der Waals surface area contributed by atoms with Gasteiger partial charge in [-0.25, -0.2) is 14.6 Å². The number of halogens is 1. The van der Waals surface area contributed by atoms with E-state index in [1.54, 1.807) is 0 Å². The monoisotopic (exact) mass is 398 g/mol. The number of hydrogen-bond acceptors (Lipinski definition) is 6. The van der Waals surface area contributed by atoms with Crippen molar-refractivity contribution in [1.29, 1.82) is 0 Å². The third-order valence-electron chi connectivity index (χ3n) is 5.68. The number of aryl methyl sites for hydroxylation is 1. The molecule has 7 nitrogen and oxygen atoms in total. The summed E-state index contributed by atoms with van der Waals surface area (Å²) in [6.07, 6.45) is 3.73. The van der Waals surface area contributed by atoms with Crippen LogP contribution in [0.25, 0.3) is 16.7 Å². The first-order valence-corrected chi connectivity index (χ1v) is 10.1. The first-order chi connectivity index (χ1) is 13.6. The second-order valence-corrected chi connectivity index (χ2v) is 8.11. The lowest BCUT2D eigenvalue weighted by molar-refractivity contribution is 0.141. The lowest BCUT2D eigenvalue weighted by Crippen LogP contribution is -2.51. The van der Waals surface area contributed by atoms with E-state index in [2.05, 4.69) is 26.4 Å². The Morgan fingerprint density at radius 1 is 1.11 bits per heavy atom. The molecule has 0 unspecified atom stereocenters. The summed E-state index contributed by atoms with van der Waals surface area (Å²) in [7, 11) is 0. The zero-order valence-electron chi connectivity index (χ0n) is 15.8. The van der Waals surface area contributed by atoms with Gasteiger partial charge >= 0.3 is 0 Å². The van der Waals surface area contributed by atoms with Crippen molar-refractivity contribution in [3.63, 3.8) is 0 Å². The Hall–Kier alpha value is -2.22. The zero-order chi connectivity index (χ0) is 19.3. The minimum atomic E-state index is -0.279. The molecule has 0 radical (unpaired) electrons. The van der Waals surface area contributed by atoms with Crippen molar-refractivity contribution in [3.05, 3.63) is 40.8 Å². The molecule has 0 bridgehead atoms. The quantitative estimate of drug-likeness (QED) is 0.705. The molecule has 1 aromatic carbocycles. The molecule has 2 aliphatic rings. The van der Waals surface area contributed by atoms with E-state index in [1.807, 2.05) is 34.8 Å². The summed E-state index contributed by atoms with van der Waals surface area (Å²) in [5, 5.41) is 19.4. The molecule has 2 fully saturated rings. The van der Waals surface area contributed by atoms with Crippen LogP contribution in [0.1, 0.15) is 30.1 Å². The van der Waals surface area contributed by atoms with Crippen LogP contribution in [0.5, 0.6) is 0 Å². The van der Waals surface area contributed by atoms with Gasteiger partial charge in [0.1, 0.15) is 11.6 Å². The van der Waals surface area contributed by atoms with Gasteiger partial charge in [-0.1, -0.05) is 11.6 Å². The van der Waals surface area contributed by atoms with E-state index < -0.39 is 0 Å². The number of rotatable bonds is 3. The van der Waals surface area contributed by atoms with Crippen LogP contribution in [0.3, 0.4) is 0 Å². The molecular formula is C20H23ClN6O. The molecule has 8 heteroatoms. The number of hydrogen-bond donors (Lipinski definition) is 2. The molecule has 0 atom stereocenters. The first kappa shape index (κ1) is 17.8. The minimum absolute atomic E-state index is 0.279. The smallest absolute Gasteiger partial charge is 0.159 e. The van der Waals surface area contributed by atoms with Crippen molar-refractivity contribution >= 4 is 28.3 Å². The third kappa shape index (κ3) is 3.13. The summed E-state index contributed by atoms with van der Waals surface area (Å²) < 4.78 is 1.87. The number of β-amino-alcohol motifs (C(OH)–C–C–N with tert-alkyl or cyclic N) is 1. The van der Waals surface area contributed by atoms with Crippen LogP contribution in [0, 0.1) is 6.92 Å². The maximum atomic E-state index is 9.60. The number of aliphatic hydroxyl groups is 1. The maximum absolute atomic E-state index is 9.60. The molecule has 0 spiro atoms. The summed E-state index contributed by atoms with van der Waals surface area (Å²) in [5.41, 5.74) is 2.19. The van der Waals surface area contributed by atoms with Crippen molar-refractivity contribution in [3.8, 4) is 5.82 Å².